The van der Waals surface area contributed by atoms with Crippen molar-refractivity contribution in [2.45, 2.75) is 25.9 Å². The van der Waals surface area contributed by atoms with Gasteiger partial charge in [0, 0.05) is 30.5 Å². The lowest BCUT2D eigenvalue weighted by molar-refractivity contribution is -0.158. The van der Waals surface area contributed by atoms with Gasteiger partial charge in [0.05, 0.1) is 5.92 Å². The molecule has 0 bridgehead atoms. The van der Waals surface area contributed by atoms with E-state index in [1.165, 1.54) is 6.92 Å². The van der Waals surface area contributed by atoms with Crippen LogP contribution < -0.4 is 20.1 Å². The largest absolute Gasteiger partial charge is 0.454 e. The molecule has 0 saturated carbocycles. The number of fused-ring (bicyclic) bond motifs is 1. The van der Waals surface area contributed by atoms with Crippen LogP contribution in [0.3, 0.4) is 0 Å². The molecule has 0 spiro atoms. The Labute approximate surface area is 185 Å². The summed E-state index contributed by atoms with van der Waals surface area (Å²) in [5, 5.41) is 5.55. The number of nitrogens with zero attached hydrogens (tertiary/aromatic N) is 1. The molecule has 1 saturated heterocycles. The molecule has 0 aromatic heterocycles. The predicted octanol–water partition coefficient (Wildman–Crippen LogP) is 3.23. The number of esters is 1. The van der Waals surface area contributed by atoms with Crippen LogP contribution in [0.2, 0.25) is 0 Å². The maximum absolute atomic E-state index is 12.5. The lowest BCUT2D eigenvalue weighted by Gasteiger charge is -2.31. The van der Waals surface area contributed by atoms with Crippen LogP contribution in [0, 0.1) is 5.92 Å². The number of carbonyl (C=O) groups is 3. The number of carbonyl (C=O) groups excluding carboxylic acids is 3. The highest BCUT2D eigenvalue weighted by Gasteiger charge is 2.30. The van der Waals surface area contributed by atoms with E-state index in [-0.39, 0.29) is 18.7 Å². The number of piperidine rings is 1. The second kappa shape index (κ2) is 9.59. The predicted molar refractivity (Wildman–Crippen MR) is 117 cm³/mol. The fraction of sp³-hybridized carbons (Fsp3) is 0.348. The first-order valence-electron chi connectivity index (χ1n) is 10.5. The first-order chi connectivity index (χ1) is 15.5. The van der Waals surface area contributed by atoms with Crippen LogP contribution in [0.4, 0.5) is 16.2 Å². The van der Waals surface area contributed by atoms with Crippen LogP contribution in [0.15, 0.2) is 48.5 Å². The molecule has 3 amide bonds. The fourth-order valence-electron chi connectivity index (χ4n) is 3.58. The van der Waals surface area contributed by atoms with Crippen molar-refractivity contribution >= 4 is 29.3 Å². The van der Waals surface area contributed by atoms with Gasteiger partial charge in [0.25, 0.3) is 5.91 Å². The first kappa shape index (κ1) is 21.5. The summed E-state index contributed by atoms with van der Waals surface area (Å²) in [7, 11) is 0. The van der Waals surface area contributed by atoms with Gasteiger partial charge in [-0.1, -0.05) is 18.2 Å². The molecule has 32 heavy (non-hydrogen) atoms. The lowest BCUT2D eigenvalue weighted by atomic mass is 9.97. The lowest BCUT2D eigenvalue weighted by Crippen LogP contribution is -2.43. The SMILES string of the molecule is C[C@@H](OC(=O)C1CCN(C(=O)Nc2ccccc2)CC1)C(=O)Nc1ccc2c(c1)OCO2. The summed E-state index contributed by atoms with van der Waals surface area (Å²) in [6.45, 7) is 2.56. The number of anilines is 2. The van der Waals surface area contributed by atoms with Gasteiger partial charge in [0.2, 0.25) is 6.79 Å². The monoisotopic (exact) mass is 439 g/mol. The summed E-state index contributed by atoms with van der Waals surface area (Å²) in [5.74, 6) is -0.0447. The third kappa shape index (κ3) is 5.11. The van der Waals surface area contributed by atoms with Gasteiger partial charge < -0.3 is 29.7 Å². The highest BCUT2D eigenvalue weighted by atomic mass is 16.7. The van der Waals surface area contributed by atoms with Crippen LogP contribution >= 0.6 is 0 Å². The van der Waals surface area contributed by atoms with E-state index in [1.807, 2.05) is 30.3 Å². The van der Waals surface area contributed by atoms with Crippen molar-refractivity contribution in [2.24, 2.45) is 5.92 Å². The molecule has 0 aliphatic carbocycles. The van der Waals surface area contributed by atoms with Gasteiger partial charge >= 0.3 is 12.0 Å². The molecule has 1 atom stereocenters. The molecule has 0 radical (unpaired) electrons. The van der Waals surface area contributed by atoms with Gasteiger partial charge in [-0.3, -0.25) is 9.59 Å². The standard InChI is InChI=1S/C23H25N3O6/c1-15(21(27)24-18-7-8-19-20(13-18)31-14-30-19)32-22(28)16-9-11-26(12-10-16)23(29)25-17-5-3-2-4-6-17/h2-8,13,15-16H,9-12,14H2,1H3,(H,24,27)(H,25,29)/t15-/m1/s1. The van der Waals surface area contributed by atoms with E-state index < -0.39 is 18.0 Å². The molecule has 2 aliphatic rings. The number of likely N-dealkylation sites (tertiary alicyclic amines) is 1. The van der Waals surface area contributed by atoms with E-state index in [0.29, 0.717) is 43.1 Å². The van der Waals surface area contributed by atoms with E-state index in [9.17, 15) is 14.4 Å². The van der Waals surface area contributed by atoms with Crippen LogP contribution in [0.1, 0.15) is 19.8 Å². The zero-order valence-electron chi connectivity index (χ0n) is 17.7. The number of rotatable bonds is 5. The van der Waals surface area contributed by atoms with Gasteiger partial charge in [0.1, 0.15) is 0 Å². The summed E-state index contributed by atoms with van der Waals surface area (Å²) in [4.78, 5) is 39.0. The molecule has 2 N–H and O–H groups in total. The summed E-state index contributed by atoms with van der Waals surface area (Å²) in [5.41, 5.74) is 1.25. The van der Waals surface area contributed by atoms with E-state index in [4.69, 9.17) is 14.2 Å². The van der Waals surface area contributed by atoms with Gasteiger partial charge in [-0.25, -0.2) is 4.79 Å². The molecule has 2 aromatic rings. The minimum Gasteiger partial charge on any atom is -0.454 e. The fourth-order valence-corrected chi connectivity index (χ4v) is 3.58. The number of hydrogen-bond donors (Lipinski definition) is 2. The second-order valence-electron chi connectivity index (χ2n) is 7.69. The molecule has 9 heteroatoms. The number of benzene rings is 2. The summed E-state index contributed by atoms with van der Waals surface area (Å²) < 4.78 is 15.9. The first-order valence-corrected chi connectivity index (χ1v) is 10.5. The van der Waals surface area contributed by atoms with E-state index in [0.717, 1.165) is 5.69 Å². The molecule has 2 heterocycles. The Balaban J connectivity index is 1.22. The zero-order valence-corrected chi connectivity index (χ0v) is 17.7. The molecule has 0 unspecified atom stereocenters. The maximum atomic E-state index is 12.5. The average molecular weight is 439 g/mol. The van der Waals surface area contributed by atoms with Crippen molar-refractivity contribution < 1.29 is 28.6 Å². The minimum atomic E-state index is -0.952. The number of hydrogen-bond acceptors (Lipinski definition) is 6. The minimum absolute atomic E-state index is 0.146. The second-order valence-corrected chi connectivity index (χ2v) is 7.69. The molecule has 4 rings (SSSR count). The Morgan fingerprint density at radius 2 is 1.69 bits per heavy atom. The average Bonchev–Trinajstić information content (AvgIpc) is 3.27. The number of nitrogens with one attached hydrogen (secondary N) is 2. The van der Waals surface area contributed by atoms with Gasteiger partial charge in [-0.05, 0) is 44.0 Å². The van der Waals surface area contributed by atoms with E-state index >= 15 is 0 Å². The van der Waals surface area contributed by atoms with Crippen molar-refractivity contribution in [1.82, 2.24) is 4.90 Å². The van der Waals surface area contributed by atoms with E-state index in [1.54, 1.807) is 23.1 Å². The molecule has 9 nitrogen and oxygen atoms in total. The topological polar surface area (TPSA) is 106 Å². The third-order valence-corrected chi connectivity index (χ3v) is 5.44. The van der Waals surface area contributed by atoms with Crippen LogP contribution in [-0.4, -0.2) is 48.8 Å². The summed E-state index contributed by atoms with van der Waals surface area (Å²) in [6.07, 6.45) is 0.0158. The third-order valence-electron chi connectivity index (χ3n) is 5.44. The number of urea groups is 1. The number of ether oxygens (including phenoxy) is 3. The van der Waals surface area contributed by atoms with Crippen molar-refractivity contribution in [3.05, 3.63) is 48.5 Å². The highest BCUT2D eigenvalue weighted by molar-refractivity contribution is 5.95. The molecular formula is C23H25N3O6. The summed E-state index contributed by atoms with van der Waals surface area (Å²) in [6, 6.07) is 14.1. The molecule has 168 valence electrons. The number of para-hydroxylation sites is 1. The van der Waals surface area contributed by atoms with Gasteiger partial charge in [-0.15, -0.1) is 0 Å². The molecule has 1 fully saturated rings. The summed E-state index contributed by atoms with van der Waals surface area (Å²) >= 11 is 0. The van der Waals surface area contributed by atoms with Crippen LogP contribution in [-0.2, 0) is 14.3 Å². The normalized spacial score (nSPS) is 16.2. The Morgan fingerprint density at radius 3 is 2.44 bits per heavy atom. The maximum Gasteiger partial charge on any atom is 0.321 e. The quantitative estimate of drug-likeness (QED) is 0.693. The Kier molecular flexibility index (Phi) is 6.44. The number of amides is 3. The zero-order chi connectivity index (χ0) is 22.5. The Bertz CT molecular complexity index is 988. The smallest absolute Gasteiger partial charge is 0.321 e. The van der Waals surface area contributed by atoms with Crippen LogP contribution in [0.25, 0.3) is 0 Å². The molecule has 2 aromatic carbocycles. The Hall–Kier alpha value is -3.75. The van der Waals surface area contributed by atoms with Gasteiger partial charge in [0.15, 0.2) is 17.6 Å². The van der Waals surface area contributed by atoms with Crippen molar-refractivity contribution in [3.8, 4) is 11.5 Å². The van der Waals surface area contributed by atoms with Crippen molar-refractivity contribution in [2.75, 3.05) is 30.5 Å². The van der Waals surface area contributed by atoms with Crippen molar-refractivity contribution in [3.63, 3.8) is 0 Å². The van der Waals surface area contributed by atoms with Gasteiger partial charge in [-0.2, -0.15) is 0 Å². The van der Waals surface area contributed by atoms with Crippen LogP contribution in [0.5, 0.6) is 11.5 Å². The highest BCUT2D eigenvalue weighted by Crippen LogP contribution is 2.34. The Morgan fingerprint density at radius 1 is 0.969 bits per heavy atom. The molecule has 2 aliphatic heterocycles. The van der Waals surface area contributed by atoms with E-state index in [2.05, 4.69) is 10.6 Å². The molecular weight excluding hydrogens is 414 g/mol. The van der Waals surface area contributed by atoms with Crippen molar-refractivity contribution in [1.29, 1.82) is 0 Å².